The molecule has 4 fully saturated rings. The number of nitrogens with one attached hydrogen (secondary N) is 2. The van der Waals surface area contributed by atoms with E-state index in [1.54, 1.807) is 30.4 Å². The second-order valence-electron chi connectivity index (χ2n) is 22.1. The van der Waals surface area contributed by atoms with Gasteiger partial charge in [-0.05, 0) is 162 Å². The molecule has 4 amide bonds. The number of piperidine rings is 2. The Balaban J connectivity index is 0.681. The van der Waals surface area contributed by atoms with Gasteiger partial charge in [0.2, 0.25) is 23.5 Å². The van der Waals surface area contributed by atoms with Gasteiger partial charge in [0.15, 0.2) is 0 Å². The number of pyridine rings is 2. The number of nitrogens with zero attached hydrogens (tertiary/aromatic N) is 7. The van der Waals surface area contributed by atoms with Gasteiger partial charge in [0.05, 0.1) is 16.8 Å². The maximum Gasteiger partial charge on any atom is 0.293 e. The fourth-order valence-corrected chi connectivity index (χ4v) is 13.2. The number of halogens is 2. The number of aryl methyl sites for hydroxylation is 2. The van der Waals surface area contributed by atoms with E-state index in [0.29, 0.717) is 79.4 Å². The van der Waals surface area contributed by atoms with E-state index in [0.717, 1.165) is 97.9 Å². The fraction of sp³-hybridized carbons (Fsp3) is 0.483. The van der Waals surface area contributed by atoms with Gasteiger partial charge in [0.1, 0.15) is 17.5 Å². The molecule has 0 radical (unpaired) electrons. The monoisotopic (exact) mass is 1010 g/mol. The van der Waals surface area contributed by atoms with Gasteiger partial charge in [0, 0.05) is 106 Å². The first kappa shape index (κ1) is 49.7. The van der Waals surface area contributed by atoms with Gasteiger partial charge in [-0.2, -0.15) is 4.39 Å². The summed E-state index contributed by atoms with van der Waals surface area (Å²) in [5, 5.41) is 5.89. The first-order valence-electron chi connectivity index (χ1n) is 26.7. The summed E-state index contributed by atoms with van der Waals surface area (Å²) in [5.74, 6) is -1.01. The van der Waals surface area contributed by atoms with E-state index in [9.17, 15) is 28.4 Å². The number of carbonyl (C=O) groups excluding carboxylic acids is 4. The van der Waals surface area contributed by atoms with Crippen LogP contribution in [0.2, 0.25) is 0 Å². The van der Waals surface area contributed by atoms with Crippen LogP contribution in [0.1, 0.15) is 122 Å². The van der Waals surface area contributed by atoms with Gasteiger partial charge in [-0.3, -0.25) is 43.7 Å². The molecule has 11 rings (SSSR count). The van der Waals surface area contributed by atoms with E-state index in [1.165, 1.54) is 22.3 Å². The highest BCUT2D eigenvalue weighted by Gasteiger charge is 2.61. The second kappa shape index (κ2) is 19.6. The molecule has 6 aliphatic rings. The van der Waals surface area contributed by atoms with Crippen LogP contribution in [0.4, 0.5) is 20.2 Å². The molecule has 3 saturated heterocycles. The van der Waals surface area contributed by atoms with Crippen molar-refractivity contribution in [2.75, 3.05) is 56.5 Å². The minimum atomic E-state index is -0.850. The number of likely N-dealkylation sites (tertiary alicyclic amines) is 2. The number of anilines is 2. The average Bonchev–Trinajstić information content (AvgIpc) is 4.14. The third kappa shape index (κ3) is 8.84. The van der Waals surface area contributed by atoms with Crippen LogP contribution in [-0.2, 0) is 33.3 Å². The molecule has 3 aromatic heterocycles. The van der Waals surface area contributed by atoms with Crippen LogP contribution in [0.5, 0.6) is 0 Å². The van der Waals surface area contributed by atoms with E-state index >= 15 is 4.39 Å². The highest BCUT2D eigenvalue weighted by Crippen LogP contribution is 2.58. The number of imide groups is 1. The van der Waals surface area contributed by atoms with Crippen LogP contribution in [0, 0.1) is 30.4 Å². The Morgan fingerprint density at radius 2 is 1.73 bits per heavy atom. The summed E-state index contributed by atoms with van der Waals surface area (Å²) in [6.07, 6.45) is 14.2. The Morgan fingerprint density at radius 1 is 0.932 bits per heavy atom. The maximum absolute atomic E-state index is 16.2. The van der Waals surface area contributed by atoms with Crippen LogP contribution in [-0.4, -0.2) is 111 Å². The molecule has 14 nitrogen and oxygen atoms in total. The van der Waals surface area contributed by atoms with Crippen LogP contribution in [0.15, 0.2) is 71.8 Å². The molecular weight excluding hydrogens is 941 g/mol. The molecule has 4 atom stereocenters. The summed E-state index contributed by atoms with van der Waals surface area (Å²) < 4.78 is 34.4. The molecule has 2 N–H and O–H groups in total. The fourth-order valence-electron chi connectivity index (χ4n) is 13.2. The van der Waals surface area contributed by atoms with Crippen LogP contribution in [0.25, 0.3) is 22.3 Å². The lowest BCUT2D eigenvalue weighted by molar-refractivity contribution is -0.135. The standard InChI is InChI=1S/C58H67F2N9O5/c1-34-27-41(31-44(59)51(34)40-15-24-65(25-16-40)36(3)49-32-42-46(12-20-62-53(42)64(49)5)68-26-17-45(61-4)52(60)56(68)73)55(72)66-22-13-37(14-23-66)33-67-21-6-7-38(28-35(67)2)29-39-8-9-47-43(30-39)58(18-19-58)57(74)69(47)48-10-11-50(70)63-54(48)71/h8-9,12,15,17,20,26-27,30-32,35-38,48,61H,6-7,10-11,13-14,16,18-19,21-25,28-29,33H2,1-5H3,(H,63,70,71)/t35-,36-,38?,48?/m0/s1. The molecule has 1 spiro atoms. The Morgan fingerprint density at radius 3 is 2.45 bits per heavy atom. The first-order valence-corrected chi connectivity index (χ1v) is 26.7. The maximum atomic E-state index is 16.2. The van der Waals surface area contributed by atoms with Crippen LogP contribution >= 0.6 is 0 Å². The van der Waals surface area contributed by atoms with Crippen molar-refractivity contribution in [1.82, 2.24) is 34.1 Å². The predicted octanol–water partition coefficient (Wildman–Crippen LogP) is 7.97. The topological polar surface area (TPSA) is 145 Å². The zero-order valence-corrected chi connectivity index (χ0v) is 43.2. The number of hydrogen-bond acceptors (Lipinski definition) is 9. The summed E-state index contributed by atoms with van der Waals surface area (Å²) in [6, 6.07) is 14.7. The molecule has 388 valence electrons. The number of hydrogen-bond donors (Lipinski definition) is 2. The molecule has 0 bridgehead atoms. The number of carbonyl (C=O) groups is 4. The Bertz CT molecular complexity index is 3160. The second-order valence-corrected chi connectivity index (χ2v) is 22.1. The number of aromatic nitrogens is 3. The summed E-state index contributed by atoms with van der Waals surface area (Å²) in [4.78, 5) is 78.6. The Labute approximate surface area is 430 Å². The van der Waals surface area contributed by atoms with Crippen molar-refractivity contribution in [3.05, 3.63) is 123 Å². The SMILES string of the molecule is CNc1ccn(-c2ccnc3c2cc([C@H](C)N2CC=C(c4c(C)cc(C(=O)N5CCC(CN6CCCC(Cc7ccc8c(c7)C7(CC7)C(=O)N8C7CCC(=O)NC7=O)C[C@@H]6C)CC5)cc4F)CC2)n3C)c(=O)c1F. The summed E-state index contributed by atoms with van der Waals surface area (Å²) in [7, 11) is 3.51. The third-order valence-electron chi connectivity index (χ3n) is 17.6. The van der Waals surface area contributed by atoms with Gasteiger partial charge < -0.3 is 19.7 Å². The van der Waals surface area contributed by atoms with E-state index < -0.39 is 22.8 Å². The van der Waals surface area contributed by atoms with E-state index in [1.807, 2.05) is 41.6 Å². The zero-order chi connectivity index (χ0) is 51.7. The predicted molar refractivity (Wildman–Crippen MR) is 281 cm³/mol. The molecule has 16 heteroatoms. The third-order valence-corrected chi connectivity index (χ3v) is 17.6. The molecule has 74 heavy (non-hydrogen) atoms. The van der Waals surface area contributed by atoms with Crippen molar-refractivity contribution in [3.63, 3.8) is 0 Å². The number of fused-ring (bicyclic) bond motifs is 3. The molecule has 5 aromatic rings. The summed E-state index contributed by atoms with van der Waals surface area (Å²) >= 11 is 0. The van der Waals surface area contributed by atoms with Gasteiger partial charge in [-0.1, -0.05) is 18.2 Å². The normalized spacial score (nSPS) is 23.0. The van der Waals surface area contributed by atoms with Crippen molar-refractivity contribution in [3.8, 4) is 5.69 Å². The van der Waals surface area contributed by atoms with Gasteiger partial charge >= 0.3 is 0 Å². The van der Waals surface area contributed by atoms with Crippen molar-refractivity contribution in [1.29, 1.82) is 0 Å². The minimum absolute atomic E-state index is 0.00435. The molecule has 2 unspecified atom stereocenters. The smallest absolute Gasteiger partial charge is 0.293 e. The van der Waals surface area contributed by atoms with Crippen molar-refractivity contribution in [2.45, 2.75) is 115 Å². The lowest BCUT2D eigenvalue weighted by Crippen LogP contribution is -2.54. The first-order chi connectivity index (χ1) is 35.6. The molecular formula is C58H67F2N9O5. The lowest BCUT2D eigenvalue weighted by Gasteiger charge is -2.37. The lowest BCUT2D eigenvalue weighted by atomic mass is 9.88. The highest BCUT2D eigenvalue weighted by atomic mass is 19.1. The molecule has 8 heterocycles. The van der Waals surface area contributed by atoms with Gasteiger partial charge in [-0.15, -0.1) is 0 Å². The summed E-state index contributed by atoms with van der Waals surface area (Å²) in [6.45, 7) is 11.0. The van der Waals surface area contributed by atoms with Gasteiger partial charge in [0.25, 0.3) is 11.5 Å². The van der Waals surface area contributed by atoms with Crippen molar-refractivity contribution >= 4 is 51.6 Å². The number of benzene rings is 2. The number of rotatable bonds is 11. The number of amides is 4. The summed E-state index contributed by atoms with van der Waals surface area (Å²) in [5.41, 5.74) is 6.83. The van der Waals surface area contributed by atoms with Crippen molar-refractivity contribution < 1.29 is 28.0 Å². The van der Waals surface area contributed by atoms with Crippen molar-refractivity contribution in [2.24, 2.45) is 18.9 Å². The largest absolute Gasteiger partial charge is 0.386 e. The van der Waals surface area contributed by atoms with Crippen LogP contribution < -0.4 is 21.1 Å². The molecule has 1 aliphatic carbocycles. The van der Waals surface area contributed by atoms with E-state index in [-0.39, 0.29) is 47.6 Å². The van der Waals surface area contributed by atoms with E-state index in [4.69, 9.17) is 0 Å². The molecule has 5 aliphatic heterocycles. The Hall–Kier alpha value is -6.52. The molecule has 2 aromatic carbocycles. The molecule has 1 saturated carbocycles. The zero-order valence-electron chi connectivity index (χ0n) is 43.2. The van der Waals surface area contributed by atoms with Crippen LogP contribution in [0.3, 0.4) is 0 Å². The van der Waals surface area contributed by atoms with Gasteiger partial charge in [-0.25, -0.2) is 9.37 Å². The van der Waals surface area contributed by atoms with E-state index in [2.05, 4.69) is 57.5 Å². The quantitative estimate of drug-likeness (QED) is 0.126. The highest BCUT2D eigenvalue weighted by molar-refractivity contribution is 6.15. The Kier molecular flexibility index (Phi) is 13.2. The minimum Gasteiger partial charge on any atom is -0.386 e. The average molecular weight is 1010 g/mol.